The number of carbonyl (C=O) groups excluding carboxylic acids is 2. The SMILES string of the molecule is CC(C)Nc1ncccc1C(=O)Nc1ccc(C2NCC(=O)Nc3c2ccc2ccccc32)cc1. The van der Waals surface area contributed by atoms with E-state index >= 15 is 0 Å². The number of hydrogen-bond acceptors (Lipinski definition) is 5. The van der Waals surface area contributed by atoms with Gasteiger partial charge in [-0.25, -0.2) is 4.98 Å². The van der Waals surface area contributed by atoms with Gasteiger partial charge in [0, 0.05) is 23.3 Å². The van der Waals surface area contributed by atoms with Gasteiger partial charge >= 0.3 is 0 Å². The van der Waals surface area contributed by atoms with Crippen molar-refractivity contribution in [2.45, 2.75) is 25.9 Å². The minimum atomic E-state index is -0.229. The van der Waals surface area contributed by atoms with E-state index in [9.17, 15) is 9.59 Å². The minimum Gasteiger partial charge on any atom is -0.367 e. The van der Waals surface area contributed by atoms with Crippen LogP contribution in [0.25, 0.3) is 10.8 Å². The number of carbonyl (C=O) groups is 2. The molecule has 1 atom stereocenters. The number of nitrogens with one attached hydrogen (secondary N) is 4. The number of aromatic nitrogens is 1. The van der Waals surface area contributed by atoms with E-state index in [-0.39, 0.29) is 30.4 Å². The highest BCUT2D eigenvalue weighted by molar-refractivity contribution is 6.07. The summed E-state index contributed by atoms with van der Waals surface area (Å²) in [4.78, 5) is 29.7. The summed E-state index contributed by atoms with van der Waals surface area (Å²) in [6, 6.07) is 23.3. The number of rotatable bonds is 5. The van der Waals surface area contributed by atoms with Gasteiger partial charge in [-0.05, 0) is 54.6 Å². The predicted molar refractivity (Wildman–Crippen MR) is 140 cm³/mol. The first-order valence-corrected chi connectivity index (χ1v) is 11.7. The molecule has 2 heterocycles. The van der Waals surface area contributed by atoms with Crippen molar-refractivity contribution in [2.75, 3.05) is 22.5 Å². The molecule has 0 fully saturated rings. The molecule has 7 heteroatoms. The average Bonchev–Trinajstić information content (AvgIpc) is 3.03. The fourth-order valence-electron chi connectivity index (χ4n) is 4.39. The van der Waals surface area contributed by atoms with E-state index in [1.165, 1.54) is 0 Å². The Labute approximate surface area is 204 Å². The smallest absolute Gasteiger partial charge is 0.259 e. The number of benzene rings is 3. The van der Waals surface area contributed by atoms with Crippen molar-refractivity contribution < 1.29 is 9.59 Å². The van der Waals surface area contributed by atoms with E-state index in [0.717, 1.165) is 27.6 Å². The Bertz CT molecular complexity index is 1400. The second-order valence-corrected chi connectivity index (χ2v) is 8.89. The van der Waals surface area contributed by atoms with Crippen LogP contribution in [0.15, 0.2) is 79.0 Å². The average molecular weight is 466 g/mol. The lowest BCUT2D eigenvalue weighted by molar-refractivity contribution is -0.115. The summed E-state index contributed by atoms with van der Waals surface area (Å²) in [5, 5.41) is 14.7. The van der Waals surface area contributed by atoms with Crippen molar-refractivity contribution in [1.82, 2.24) is 10.3 Å². The number of nitrogens with zero attached hydrogens (tertiary/aromatic N) is 1. The maximum Gasteiger partial charge on any atom is 0.259 e. The van der Waals surface area contributed by atoms with Crippen molar-refractivity contribution in [3.63, 3.8) is 0 Å². The Morgan fingerprint density at radius 3 is 2.60 bits per heavy atom. The lowest BCUT2D eigenvalue weighted by Crippen LogP contribution is -2.27. The highest BCUT2D eigenvalue weighted by atomic mass is 16.2. The predicted octanol–water partition coefficient (Wildman–Crippen LogP) is 4.94. The highest BCUT2D eigenvalue weighted by Crippen LogP contribution is 2.36. The quantitative estimate of drug-likeness (QED) is 0.335. The van der Waals surface area contributed by atoms with Crippen molar-refractivity contribution in [3.05, 3.63) is 95.7 Å². The van der Waals surface area contributed by atoms with E-state index in [2.05, 4.69) is 38.4 Å². The third kappa shape index (κ3) is 4.72. The Hall–Kier alpha value is -4.23. The summed E-state index contributed by atoms with van der Waals surface area (Å²) < 4.78 is 0. The molecule has 1 aliphatic heterocycles. The molecule has 1 unspecified atom stereocenters. The third-order valence-electron chi connectivity index (χ3n) is 5.98. The highest BCUT2D eigenvalue weighted by Gasteiger charge is 2.24. The largest absolute Gasteiger partial charge is 0.367 e. The molecule has 176 valence electrons. The summed E-state index contributed by atoms with van der Waals surface area (Å²) in [6.07, 6.45) is 1.66. The van der Waals surface area contributed by atoms with Crippen molar-refractivity contribution in [2.24, 2.45) is 0 Å². The first-order chi connectivity index (χ1) is 17.0. The van der Waals surface area contributed by atoms with Gasteiger partial charge in [0.1, 0.15) is 5.82 Å². The lowest BCUT2D eigenvalue weighted by atomic mass is 9.94. The molecule has 2 amide bonds. The van der Waals surface area contributed by atoms with Gasteiger partial charge in [0.2, 0.25) is 5.91 Å². The summed E-state index contributed by atoms with van der Waals surface area (Å²) in [5.74, 6) is 0.254. The molecule has 4 aromatic rings. The first-order valence-electron chi connectivity index (χ1n) is 11.7. The van der Waals surface area contributed by atoms with Crippen molar-refractivity contribution >= 4 is 39.8 Å². The van der Waals surface area contributed by atoms with Crippen LogP contribution < -0.4 is 21.3 Å². The molecular formula is C28H27N5O2. The van der Waals surface area contributed by atoms with E-state index in [1.807, 2.05) is 62.4 Å². The summed E-state index contributed by atoms with van der Waals surface area (Å²) >= 11 is 0. The fourth-order valence-corrected chi connectivity index (χ4v) is 4.39. The normalized spacial score (nSPS) is 15.3. The van der Waals surface area contributed by atoms with Gasteiger partial charge < -0.3 is 16.0 Å². The number of pyridine rings is 1. The van der Waals surface area contributed by atoms with Crippen LogP contribution in [0, 0.1) is 0 Å². The van der Waals surface area contributed by atoms with Crippen LogP contribution in [-0.2, 0) is 4.79 Å². The summed E-state index contributed by atoms with van der Waals surface area (Å²) in [5.41, 5.74) is 4.01. The van der Waals surface area contributed by atoms with Gasteiger partial charge in [-0.15, -0.1) is 0 Å². The molecule has 0 spiro atoms. The van der Waals surface area contributed by atoms with E-state index < -0.39 is 0 Å². The summed E-state index contributed by atoms with van der Waals surface area (Å²) in [6.45, 7) is 4.21. The standard InChI is InChI=1S/C28H27N5O2/c1-17(2)31-27-23(8-5-15-29-27)28(35)32-20-12-9-19(10-13-20)25-22-14-11-18-6-3-4-7-21(18)26(22)33-24(34)16-30-25/h3-15,17,25,30H,16H2,1-2H3,(H,29,31)(H,32,35)(H,33,34). The zero-order valence-corrected chi connectivity index (χ0v) is 19.6. The number of fused-ring (bicyclic) bond motifs is 3. The molecule has 0 saturated heterocycles. The fraction of sp³-hybridized carbons (Fsp3) is 0.179. The molecule has 35 heavy (non-hydrogen) atoms. The Kier molecular flexibility index (Phi) is 6.16. The zero-order chi connectivity index (χ0) is 24.4. The van der Waals surface area contributed by atoms with Gasteiger partial charge in [0.15, 0.2) is 0 Å². The molecule has 0 bridgehead atoms. The second-order valence-electron chi connectivity index (χ2n) is 8.89. The van der Waals surface area contributed by atoms with Crippen LogP contribution in [-0.4, -0.2) is 29.4 Å². The number of anilines is 3. The van der Waals surface area contributed by atoms with Crippen LogP contribution in [0.5, 0.6) is 0 Å². The van der Waals surface area contributed by atoms with Crippen LogP contribution in [0.4, 0.5) is 17.2 Å². The Morgan fingerprint density at radius 2 is 1.80 bits per heavy atom. The van der Waals surface area contributed by atoms with E-state index in [1.54, 1.807) is 18.3 Å². The molecule has 4 N–H and O–H groups in total. The van der Waals surface area contributed by atoms with Gasteiger partial charge in [-0.1, -0.05) is 48.5 Å². The van der Waals surface area contributed by atoms with Crippen LogP contribution in [0.1, 0.15) is 41.4 Å². The third-order valence-corrected chi connectivity index (χ3v) is 5.98. The zero-order valence-electron chi connectivity index (χ0n) is 19.6. The Balaban J connectivity index is 1.41. The van der Waals surface area contributed by atoms with Crippen LogP contribution >= 0.6 is 0 Å². The molecule has 1 aliphatic rings. The number of hydrogen-bond donors (Lipinski definition) is 4. The molecule has 0 radical (unpaired) electrons. The molecule has 0 aliphatic carbocycles. The van der Waals surface area contributed by atoms with Crippen molar-refractivity contribution in [1.29, 1.82) is 0 Å². The maximum absolute atomic E-state index is 12.9. The van der Waals surface area contributed by atoms with E-state index in [0.29, 0.717) is 17.1 Å². The van der Waals surface area contributed by atoms with E-state index in [4.69, 9.17) is 0 Å². The lowest BCUT2D eigenvalue weighted by Gasteiger charge is -2.20. The number of amides is 2. The molecule has 7 nitrogen and oxygen atoms in total. The molecule has 0 saturated carbocycles. The van der Waals surface area contributed by atoms with Crippen LogP contribution in [0.2, 0.25) is 0 Å². The van der Waals surface area contributed by atoms with Gasteiger partial charge in [0.25, 0.3) is 5.91 Å². The summed E-state index contributed by atoms with van der Waals surface area (Å²) in [7, 11) is 0. The molecule has 3 aromatic carbocycles. The van der Waals surface area contributed by atoms with Gasteiger partial charge in [0.05, 0.1) is 23.8 Å². The first kappa shape index (κ1) is 22.6. The maximum atomic E-state index is 12.9. The molecule has 5 rings (SSSR count). The molecule has 1 aromatic heterocycles. The van der Waals surface area contributed by atoms with Crippen LogP contribution in [0.3, 0.4) is 0 Å². The Morgan fingerprint density at radius 1 is 1.00 bits per heavy atom. The topological polar surface area (TPSA) is 95.2 Å². The van der Waals surface area contributed by atoms with Gasteiger partial charge in [-0.2, -0.15) is 0 Å². The minimum absolute atomic E-state index is 0.0729. The van der Waals surface area contributed by atoms with Gasteiger partial charge in [-0.3, -0.25) is 14.9 Å². The molecular weight excluding hydrogens is 438 g/mol. The second kappa shape index (κ2) is 9.56. The monoisotopic (exact) mass is 465 g/mol. The van der Waals surface area contributed by atoms with Crippen molar-refractivity contribution in [3.8, 4) is 0 Å².